The fraction of sp³-hybridized carbons (Fsp3) is 0.208. The van der Waals surface area contributed by atoms with Gasteiger partial charge in [-0.2, -0.15) is 0 Å². The topological polar surface area (TPSA) is 99.7 Å². The van der Waals surface area contributed by atoms with E-state index in [2.05, 4.69) is 10.3 Å². The molecule has 3 aromatic rings. The molecule has 1 aromatic heterocycles. The van der Waals surface area contributed by atoms with Gasteiger partial charge in [0, 0.05) is 30.1 Å². The van der Waals surface area contributed by atoms with Gasteiger partial charge >= 0.3 is 0 Å². The summed E-state index contributed by atoms with van der Waals surface area (Å²) in [7, 11) is 0. The molecule has 1 unspecified atom stereocenters. The van der Waals surface area contributed by atoms with Crippen LogP contribution < -0.4 is 10.2 Å². The summed E-state index contributed by atoms with van der Waals surface area (Å²) in [5.74, 6) is -1.46. The normalized spacial score (nSPS) is 15.5. The lowest BCUT2D eigenvalue weighted by Gasteiger charge is -2.21. The zero-order valence-electron chi connectivity index (χ0n) is 18.0. The summed E-state index contributed by atoms with van der Waals surface area (Å²) < 4.78 is 0. The minimum absolute atomic E-state index is 0.000671. The van der Waals surface area contributed by atoms with Gasteiger partial charge in [0.1, 0.15) is 6.04 Å². The number of fused-ring (bicyclic) bond motifs is 2. The average Bonchev–Trinajstić information content (AvgIpc) is 3.50. The Hall–Kier alpha value is -3.85. The molecular weight excluding hydrogens is 440 g/mol. The summed E-state index contributed by atoms with van der Waals surface area (Å²) in [6, 6.07) is 11.4. The number of imide groups is 1. The molecule has 0 saturated carbocycles. The molecule has 2 aliphatic rings. The van der Waals surface area contributed by atoms with Gasteiger partial charge < -0.3 is 10.2 Å². The Labute approximate surface area is 193 Å². The molecule has 4 amide bonds. The maximum atomic E-state index is 12.8. The quantitative estimate of drug-likeness (QED) is 0.602. The van der Waals surface area contributed by atoms with Gasteiger partial charge in [-0.25, -0.2) is 4.98 Å². The second kappa shape index (κ2) is 7.93. The highest BCUT2D eigenvalue weighted by molar-refractivity contribution is 7.14. The third-order valence-electron chi connectivity index (χ3n) is 5.98. The molecule has 33 heavy (non-hydrogen) atoms. The zero-order valence-corrected chi connectivity index (χ0v) is 18.8. The second-order valence-corrected chi connectivity index (χ2v) is 8.85. The highest BCUT2D eigenvalue weighted by Gasteiger charge is 2.40. The number of benzene rings is 2. The van der Waals surface area contributed by atoms with Crippen LogP contribution in [0.5, 0.6) is 0 Å². The van der Waals surface area contributed by atoms with E-state index in [0.717, 1.165) is 28.1 Å². The predicted octanol–water partition coefficient (Wildman–Crippen LogP) is 3.34. The van der Waals surface area contributed by atoms with Crippen LogP contribution in [0.2, 0.25) is 0 Å². The number of hydrogen-bond acceptors (Lipinski definition) is 6. The van der Waals surface area contributed by atoms with Gasteiger partial charge in [-0.1, -0.05) is 24.3 Å². The number of aromatic nitrogens is 1. The van der Waals surface area contributed by atoms with Gasteiger partial charge in [0.15, 0.2) is 5.13 Å². The van der Waals surface area contributed by atoms with Crippen LogP contribution in [0.4, 0.5) is 10.8 Å². The fourth-order valence-electron chi connectivity index (χ4n) is 4.22. The van der Waals surface area contributed by atoms with Gasteiger partial charge in [-0.05, 0) is 37.1 Å². The summed E-state index contributed by atoms with van der Waals surface area (Å²) >= 11 is 1.25. The van der Waals surface area contributed by atoms with Crippen LogP contribution >= 0.6 is 11.3 Å². The first-order valence-electron chi connectivity index (χ1n) is 10.5. The molecule has 1 atom stereocenters. The Morgan fingerprint density at radius 3 is 2.45 bits per heavy atom. The van der Waals surface area contributed by atoms with E-state index < -0.39 is 23.8 Å². The minimum Gasteiger partial charge on any atom is -0.312 e. The van der Waals surface area contributed by atoms with Crippen molar-refractivity contribution in [3.05, 3.63) is 64.5 Å². The van der Waals surface area contributed by atoms with E-state index in [4.69, 9.17) is 0 Å². The highest BCUT2D eigenvalue weighted by atomic mass is 32.1. The number of carbonyl (C=O) groups is 4. The predicted molar refractivity (Wildman–Crippen MR) is 124 cm³/mol. The van der Waals surface area contributed by atoms with Crippen LogP contribution in [0.15, 0.2) is 47.8 Å². The molecule has 0 fully saturated rings. The molecule has 0 spiro atoms. The summed E-state index contributed by atoms with van der Waals surface area (Å²) in [6.45, 7) is 3.73. The smallest absolute Gasteiger partial charge is 0.262 e. The van der Waals surface area contributed by atoms with Crippen molar-refractivity contribution in [2.75, 3.05) is 16.8 Å². The molecule has 0 aliphatic carbocycles. The fourth-order valence-corrected chi connectivity index (χ4v) is 4.94. The highest BCUT2D eigenvalue weighted by Crippen LogP contribution is 2.34. The van der Waals surface area contributed by atoms with Crippen molar-refractivity contribution in [1.82, 2.24) is 9.88 Å². The Balaban J connectivity index is 1.32. The Kier molecular flexibility index (Phi) is 5.05. The Morgan fingerprint density at radius 2 is 1.79 bits per heavy atom. The first-order chi connectivity index (χ1) is 15.8. The van der Waals surface area contributed by atoms with Crippen molar-refractivity contribution in [1.29, 1.82) is 0 Å². The number of carbonyl (C=O) groups excluding carboxylic acids is 4. The molecule has 8 nitrogen and oxygen atoms in total. The van der Waals surface area contributed by atoms with Gasteiger partial charge in [0.05, 0.1) is 16.8 Å². The minimum atomic E-state index is -0.992. The lowest BCUT2D eigenvalue weighted by Crippen LogP contribution is -2.45. The third-order valence-corrected chi connectivity index (χ3v) is 6.74. The lowest BCUT2D eigenvalue weighted by molar-refractivity contribution is -0.119. The number of hydrogen-bond donors (Lipinski definition) is 1. The van der Waals surface area contributed by atoms with E-state index >= 15 is 0 Å². The molecule has 0 radical (unpaired) electrons. The van der Waals surface area contributed by atoms with E-state index in [9.17, 15) is 19.2 Å². The van der Waals surface area contributed by atoms with Gasteiger partial charge in [0.25, 0.3) is 11.8 Å². The number of thiazole rings is 1. The SMILES string of the molecule is CC(=O)N1CCc2ccc(-c3csc(NC(=O)C(C)N4C(=O)c5ccccc5C4=O)n3)cc21. The van der Waals surface area contributed by atoms with Gasteiger partial charge in [-0.15, -0.1) is 11.3 Å². The summed E-state index contributed by atoms with van der Waals surface area (Å²) in [6.07, 6.45) is 0.823. The molecule has 2 aliphatic heterocycles. The summed E-state index contributed by atoms with van der Waals surface area (Å²) in [4.78, 5) is 57.2. The molecule has 9 heteroatoms. The number of nitrogens with zero attached hydrogens (tertiary/aromatic N) is 3. The van der Waals surface area contributed by atoms with Crippen LogP contribution in [0.1, 0.15) is 40.1 Å². The van der Waals surface area contributed by atoms with Crippen molar-refractivity contribution >= 4 is 45.8 Å². The van der Waals surface area contributed by atoms with Crippen LogP contribution in [0, 0.1) is 0 Å². The molecule has 0 bridgehead atoms. The first-order valence-corrected chi connectivity index (χ1v) is 11.4. The van der Waals surface area contributed by atoms with Crippen LogP contribution in [-0.2, 0) is 16.0 Å². The maximum absolute atomic E-state index is 12.8. The third kappa shape index (κ3) is 3.50. The molecule has 5 rings (SSSR count). The Bertz CT molecular complexity index is 1300. The van der Waals surface area contributed by atoms with Crippen molar-refractivity contribution in [3.63, 3.8) is 0 Å². The van der Waals surface area contributed by atoms with E-state index in [0.29, 0.717) is 28.5 Å². The van der Waals surface area contributed by atoms with Crippen molar-refractivity contribution < 1.29 is 19.2 Å². The van der Waals surface area contributed by atoms with E-state index in [1.165, 1.54) is 18.3 Å². The number of rotatable bonds is 4. The molecule has 0 saturated heterocycles. The van der Waals surface area contributed by atoms with Crippen molar-refractivity contribution in [3.8, 4) is 11.3 Å². The standard InChI is InChI=1S/C24H20N4O4S/c1-13(28-22(31)17-5-3-4-6-18(17)23(28)32)21(30)26-24-25-19(12-33-24)16-8-7-15-9-10-27(14(2)29)20(15)11-16/h3-8,11-13H,9-10H2,1-2H3,(H,25,26,30). The van der Waals surface area contributed by atoms with E-state index in [-0.39, 0.29) is 5.91 Å². The van der Waals surface area contributed by atoms with Crippen molar-refractivity contribution in [2.24, 2.45) is 0 Å². The van der Waals surface area contributed by atoms with Gasteiger partial charge in [0.2, 0.25) is 11.8 Å². The lowest BCUT2D eigenvalue weighted by atomic mass is 10.1. The van der Waals surface area contributed by atoms with Crippen LogP contribution in [-0.4, -0.2) is 46.1 Å². The summed E-state index contributed by atoms with van der Waals surface area (Å²) in [5.41, 5.74) is 4.11. The monoisotopic (exact) mass is 460 g/mol. The molecular formula is C24H20N4O4S. The summed E-state index contributed by atoms with van der Waals surface area (Å²) in [5, 5.41) is 4.89. The largest absolute Gasteiger partial charge is 0.312 e. The second-order valence-electron chi connectivity index (χ2n) is 7.99. The molecule has 1 N–H and O–H groups in total. The van der Waals surface area contributed by atoms with Crippen LogP contribution in [0.25, 0.3) is 11.3 Å². The average molecular weight is 461 g/mol. The number of anilines is 2. The molecule has 2 aromatic carbocycles. The zero-order chi connectivity index (χ0) is 23.3. The first kappa shape index (κ1) is 21.0. The van der Waals surface area contributed by atoms with E-state index in [1.807, 2.05) is 23.6 Å². The van der Waals surface area contributed by atoms with Gasteiger partial charge in [-0.3, -0.25) is 24.1 Å². The van der Waals surface area contributed by atoms with Crippen LogP contribution in [0.3, 0.4) is 0 Å². The van der Waals surface area contributed by atoms with Crippen molar-refractivity contribution in [2.45, 2.75) is 26.3 Å². The molecule has 166 valence electrons. The molecule has 3 heterocycles. The Morgan fingerprint density at radius 1 is 1.09 bits per heavy atom. The van der Waals surface area contributed by atoms with E-state index in [1.54, 1.807) is 36.1 Å². The maximum Gasteiger partial charge on any atom is 0.262 e. The number of amides is 4. The number of nitrogens with one attached hydrogen (secondary N) is 1.